The topological polar surface area (TPSA) is 72.5 Å². The summed E-state index contributed by atoms with van der Waals surface area (Å²) in [4.78, 5) is 7.65. The highest BCUT2D eigenvalue weighted by molar-refractivity contribution is 5.56. The molecule has 18 heavy (non-hydrogen) atoms. The first kappa shape index (κ1) is 12.8. The molecule has 0 saturated heterocycles. The second-order valence-corrected chi connectivity index (χ2v) is 4.52. The number of nitrogens with two attached hydrogens (primary N) is 1. The lowest BCUT2D eigenvalue weighted by Crippen LogP contribution is -2.11. The smallest absolute Gasteiger partial charge is 0.123 e. The molecule has 0 aromatic carbocycles. The van der Waals surface area contributed by atoms with Crippen LogP contribution in [0.2, 0.25) is 0 Å². The van der Waals surface area contributed by atoms with Gasteiger partial charge in [0, 0.05) is 18.3 Å². The zero-order chi connectivity index (χ0) is 13.0. The maximum absolute atomic E-state index is 6.09. The number of nitrogens with zero attached hydrogens (tertiary/aromatic N) is 3. The Balaban J connectivity index is 2.09. The highest BCUT2D eigenvalue weighted by atomic mass is 15.3. The summed E-state index contributed by atoms with van der Waals surface area (Å²) in [5, 5.41) is 4.25. The van der Waals surface area contributed by atoms with Crippen molar-refractivity contribution in [3.05, 3.63) is 24.4 Å². The van der Waals surface area contributed by atoms with Gasteiger partial charge in [0.05, 0.1) is 24.1 Å². The van der Waals surface area contributed by atoms with Gasteiger partial charge >= 0.3 is 0 Å². The maximum Gasteiger partial charge on any atom is 0.123 e. The predicted octanol–water partition coefficient (Wildman–Crippen LogP) is 2.48. The van der Waals surface area contributed by atoms with E-state index < -0.39 is 0 Å². The highest BCUT2D eigenvalue weighted by Gasteiger charge is 2.11. The number of aromatic amines is 1. The number of hydrogen-bond donors (Lipinski definition) is 2. The summed E-state index contributed by atoms with van der Waals surface area (Å²) in [5.74, 6) is 0.864. The van der Waals surface area contributed by atoms with Gasteiger partial charge in [0.25, 0.3) is 0 Å². The van der Waals surface area contributed by atoms with Gasteiger partial charge in [0.1, 0.15) is 5.82 Å². The van der Waals surface area contributed by atoms with E-state index in [4.69, 9.17) is 5.73 Å². The molecule has 2 heterocycles. The van der Waals surface area contributed by atoms with Gasteiger partial charge in [-0.15, -0.1) is 0 Å². The molecule has 5 nitrogen and oxygen atoms in total. The Morgan fingerprint density at radius 2 is 2.22 bits per heavy atom. The van der Waals surface area contributed by atoms with Crippen LogP contribution in [0.5, 0.6) is 0 Å². The number of aromatic nitrogens is 4. The van der Waals surface area contributed by atoms with E-state index in [0.29, 0.717) is 0 Å². The standard InChI is InChI=1S/C13H21N5/c1-3-5-6-11(14)13-15-8-12(17-13)10-7-16-18(4-2)9-10/h7-9,11H,3-6,14H2,1-2H3,(H,15,17). The number of unbranched alkanes of at least 4 members (excludes halogenated alkanes) is 1. The first-order valence-corrected chi connectivity index (χ1v) is 6.57. The van der Waals surface area contributed by atoms with Crippen LogP contribution in [0.1, 0.15) is 45.0 Å². The Kier molecular flexibility index (Phi) is 4.15. The number of H-pyrrole nitrogens is 1. The van der Waals surface area contributed by atoms with Gasteiger partial charge in [-0.25, -0.2) is 4.98 Å². The summed E-state index contributed by atoms with van der Waals surface area (Å²) in [5.41, 5.74) is 8.13. The molecule has 3 N–H and O–H groups in total. The van der Waals surface area contributed by atoms with Crippen molar-refractivity contribution in [1.29, 1.82) is 0 Å². The third kappa shape index (κ3) is 2.79. The van der Waals surface area contributed by atoms with Crippen LogP contribution in [-0.4, -0.2) is 19.7 Å². The van der Waals surface area contributed by atoms with Gasteiger partial charge in [0.15, 0.2) is 0 Å². The van der Waals surface area contributed by atoms with E-state index in [0.717, 1.165) is 42.9 Å². The van der Waals surface area contributed by atoms with E-state index in [1.165, 1.54) is 0 Å². The molecule has 1 unspecified atom stereocenters. The van der Waals surface area contributed by atoms with Crippen molar-refractivity contribution in [3.8, 4) is 11.3 Å². The number of rotatable bonds is 6. The van der Waals surface area contributed by atoms with Gasteiger partial charge in [-0.05, 0) is 13.3 Å². The highest BCUT2D eigenvalue weighted by Crippen LogP contribution is 2.20. The van der Waals surface area contributed by atoms with Gasteiger partial charge in [-0.3, -0.25) is 4.68 Å². The monoisotopic (exact) mass is 247 g/mol. The maximum atomic E-state index is 6.09. The Labute approximate surface area is 107 Å². The third-order valence-corrected chi connectivity index (χ3v) is 3.08. The lowest BCUT2D eigenvalue weighted by Gasteiger charge is -2.06. The van der Waals surface area contributed by atoms with Gasteiger partial charge < -0.3 is 10.7 Å². The minimum absolute atomic E-state index is 0.0000740. The van der Waals surface area contributed by atoms with Crippen LogP contribution in [0.15, 0.2) is 18.6 Å². The molecule has 0 spiro atoms. The average molecular weight is 247 g/mol. The fourth-order valence-corrected chi connectivity index (χ4v) is 1.91. The van der Waals surface area contributed by atoms with Crippen LogP contribution in [0, 0.1) is 0 Å². The van der Waals surface area contributed by atoms with Crippen molar-refractivity contribution in [2.24, 2.45) is 5.73 Å². The summed E-state index contributed by atoms with van der Waals surface area (Å²) in [7, 11) is 0. The number of hydrogen-bond acceptors (Lipinski definition) is 3. The van der Waals surface area contributed by atoms with E-state index in [1.54, 1.807) is 0 Å². The van der Waals surface area contributed by atoms with Crippen molar-refractivity contribution < 1.29 is 0 Å². The second kappa shape index (κ2) is 5.82. The Bertz CT molecular complexity index is 485. The molecule has 5 heteroatoms. The molecule has 0 fully saturated rings. The molecule has 2 rings (SSSR count). The van der Waals surface area contributed by atoms with Crippen LogP contribution < -0.4 is 5.73 Å². The zero-order valence-electron chi connectivity index (χ0n) is 11.1. The molecule has 98 valence electrons. The van der Waals surface area contributed by atoms with E-state index in [2.05, 4.69) is 28.9 Å². The molecule has 0 aliphatic carbocycles. The lowest BCUT2D eigenvalue weighted by atomic mass is 10.1. The lowest BCUT2D eigenvalue weighted by molar-refractivity contribution is 0.580. The Morgan fingerprint density at radius 3 is 2.89 bits per heavy atom. The molecular formula is C13H21N5. The second-order valence-electron chi connectivity index (χ2n) is 4.52. The number of aryl methyl sites for hydroxylation is 1. The summed E-state index contributed by atoms with van der Waals surface area (Å²) >= 11 is 0. The quantitative estimate of drug-likeness (QED) is 0.823. The van der Waals surface area contributed by atoms with Crippen LogP contribution in [-0.2, 0) is 6.54 Å². The number of imidazole rings is 1. The Hall–Kier alpha value is -1.62. The molecule has 1 atom stereocenters. The molecular weight excluding hydrogens is 226 g/mol. The minimum atomic E-state index is -0.0000740. The molecule has 2 aromatic heterocycles. The fourth-order valence-electron chi connectivity index (χ4n) is 1.91. The predicted molar refractivity (Wildman–Crippen MR) is 71.9 cm³/mol. The molecule has 0 amide bonds. The van der Waals surface area contributed by atoms with Crippen LogP contribution >= 0.6 is 0 Å². The SMILES string of the molecule is CCCCC(N)c1ncc(-c2cnn(CC)c2)[nH]1. The van der Waals surface area contributed by atoms with Crippen molar-refractivity contribution in [1.82, 2.24) is 19.7 Å². The summed E-state index contributed by atoms with van der Waals surface area (Å²) in [6, 6.07) is -0.0000740. The molecule has 0 aliphatic rings. The van der Waals surface area contributed by atoms with E-state index in [9.17, 15) is 0 Å². The fraction of sp³-hybridized carbons (Fsp3) is 0.538. The van der Waals surface area contributed by atoms with Gasteiger partial charge in [-0.2, -0.15) is 5.10 Å². The van der Waals surface area contributed by atoms with Crippen molar-refractivity contribution in [3.63, 3.8) is 0 Å². The van der Waals surface area contributed by atoms with Crippen molar-refractivity contribution in [2.45, 2.75) is 45.7 Å². The van der Waals surface area contributed by atoms with E-state index >= 15 is 0 Å². The average Bonchev–Trinajstić information content (AvgIpc) is 3.03. The Morgan fingerprint density at radius 1 is 1.39 bits per heavy atom. The summed E-state index contributed by atoms with van der Waals surface area (Å²) in [6.45, 7) is 5.10. The summed E-state index contributed by atoms with van der Waals surface area (Å²) < 4.78 is 1.90. The zero-order valence-corrected chi connectivity index (χ0v) is 11.1. The summed E-state index contributed by atoms with van der Waals surface area (Å²) in [6.07, 6.45) is 8.94. The molecule has 0 saturated carbocycles. The largest absolute Gasteiger partial charge is 0.341 e. The van der Waals surface area contributed by atoms with Gasteiger partial charge in [0.2, 0.25) is 0 Å². The first-order valence-electron chi connectivity index (χ1n) is 6.57. The van der Waals surface area contributed by atoms with Crippen LogP contribution in [0.25, 0.3) is 11.3 Å². The minimum Gasteiger partial charge on any atom is -0.341 e. The normalized spacial score (nSPS) is 12.8. The van der Waals surface area contributed by atoms with Crippen molar-refractivity contribution >= 4 is 0 Å². The molecule has 0 radical (unpaired) electrons. The first-order chi connectivity index (χ1) is 8.74. The molecule has 0 aliphatic heterocycles. The third-order valence-electron chi connectivity index (χ3n) is 3.08. The number of nitrogens with one attached hydrogen (secondary N) is 1. The van der Waals surface area contributed by atoms with Crippen molar-refractivity contribution in [2.75, 3.05) is 0 Å². The van der Waals surface area contributed by atoms with E-state index in [1.807, 2.05) is 23.3 Å². The van der Waals surface area contributed by atoms with E-state index in [-0.39, 0.29) is 6.04 Å². The van der Waals surface area contributed by atoms with Crippen LogP contribution in [0.4, 0.5) is 0 Å². The van der Waals surface area contributed by atoms with Gasteiger partial charge in [-0.1, -0.05) is 19.8 Å². The molecule has 0 bridgehead atoms. The van der Waals surface area contributed by atoms with Crippen LogP contribution in [0.3, 0.4) is 0 Å². The molecule has 2 aromatic rings.